The molecule has 3 heterocycles. The Bertz CT molecular complexity index is 720. The second-order valence-corrected chi connectivity index (χ2v) is 18.0. The number of likely N-dealkylation sites (tertiary alicyclic amines) is 1. The summed E-state index contributed by atoms with van der Waals surface area (Å²) >= 11 is 0. The molecule has 3 rings (SSSR count). The van der Waals surface area contributed by atoms with Gasteiger partial charge in [-0.1, -0.05) is 141 Å². The molecule has 0 atom stereocenters. The molecule has 0 N–H and O–H groups in total. The number of ether oxygens (including phenoxy) is 4. The summed E-state index contributed by atoms with van der Waals surface area (Å²) in [7, 11) is 7.61. The first-order valence-electron chi connectivity index (χ1n) is 25.6. The summed E-state index contributed by atoms with van der Waals surface area (Å²) in [4.78, 5) is 10.3. The van der Waals surface area contributed by atoms with E-state index in [1.54, 1.807) is 21.3 Å². The molecule has 58 heavy (non-hydrogen) atoms. The number of unbranched alkanes of at least 4 members (excludes halogenated alkanes) is 24. The molecule has 348 valence electrons. The first kappa shape index (κ1) is 55.7. The lowest BCUT2D eigenvalue weighted by molar-refractivity contribution is 0.0371. The topological polar surface area (TPSA) is 49.9 Å². The van der Waals surface area contributed by atoms with Crippen molar-refractivity contribution < 1.29 is 18.9 Å². The number of hydrogen-bond donors (Lipinski definition) is 0. The lowest BCUT2D eigenvalue weighted by Gasteiger charge is -2.32. The maximum atomic E-state index is 5.36. The standard InChI is InChI=1S/C17H36N2O.C17H35NO.C16H33NO2/c1-18-13-15-19(16-14-18)12-10-8-6-4-3-5-7-9-11-17-20-2;1-19-17-13-8-6-4-2-3-5-7-10-14-18-15-11-9-12-16-18;1-18-14-10-8-6-4-2-3-5-7-9-11-17-12-15-19-16-13-17/h3-17H2,1-2H3;2-17H2,1H3;2-16H2,1H3. The van der Waals surface area contributed by atoms with Gasteiger partial charge in [0.1, 0.15) is 0 Å². The van der Waals surface area contributed by atoms with E-state index < -0.39 is 0 Å². The summed E-state index contributed by atoms with van der Waals surface area (Å²) in [5.74, 6) is 0. The van der Waals surface area contributed by atoms with Gasteiger partial charge in [0.05, 0.1) is 13.2 Å². The normalized spacial score (nSPS) is 17.2. The van der Waals surface area contributed by atoms with Crippen molar-refractivity contribution in [3.63, 3.8) is 0 Å². The van der Waals surface area contributed by atoms with E-state index in [2.05, 4.69) is 26.6 Å². The molecule has 3 aliphatic heterocycles. The van der Waals surface area contributed by atoms with Crippen molar-refractivity contribution in [1.82, 2.24) is 19.6 Å². The average molecular weight is 825 g/mol. The van der Waals surface area contributed by atoms with Gasteiger partial charge in [0.2, 0.25) is 0 Å². The van der Waals surface area contributed by atoms with Crippen molar-refractivity contribution in [3.8, 4) is 0 Å². The van der Waals surface area contributed by atoms with Gasteiger partial charge in [0, 0.05) is 80.4 Å². The van der Waals surface area contributed by atoms with E-state index in [9.17, 15) is 0 Å². The van der Waals surface area contributed by atoms with Crippen LogP contribution in [0.25, 0.3) is 0 Å². The fourth-order valence-corrected chi connectivity index (χ4v) is 8.54. The van der Waals surface area contributed by atoms with Gasteiger partial charge in [-0.05, 0) is 91.1 Å². The zero-order valence-corrected chi connectivity index (χ0v) is 39.9. The molecular weight excluding hydrogens is 721 g/mol. The molecule has 0 aromatic carbocycles. The lowest BCUT2D eigenvalue weighted by Crippen LogP contribution is -2.44. The monoisotopic (exact) mass is 825 g/mol. The predicted octanol–water partition coefficient (Wildman–Crippen LogP) is 11.5. The third-order valence-electron chi connectivity index (χ3n) is 12.6. The molecule has 0 unspecified atom stereocenters. The van der Waals surface area contributed by atoms with Crippen LogP contribution in [0, 0.1) is 0 Å². The summed E-state index contributed by atoms with van der Waals surface area (Å²) < 4.78 is 20.5. The molecule has 0 saturated carbocycles. The Morgan fingerprint density at radius 3 is 0.914 bits per heavy atom. The quantitative estimate of drug-likeness (QED) is 0.0579. The van der Waals surface area contributed by atoms with E-state index in [0.29, 0.717) is 0 Å². The molecule has 8 heteroatoms. The van der Waals surface area contributed by atoms with Gasteiger partial charge >= 0.3 is 0 Å². The summed E-state index contributed by atoms with van der Waals surface area (Å²) in [5.41, 5.74) is 0. The largest absolute Gasteiger partial charge is 0.385 e. The van der Waals surface area contributed by atoms with Crippen molar-refractivity contribution in [1.29, 1.82) is 0 Å². The number of hydrogen-bond acceptors (Lipinski definition) is 8. The maximum Gasteiger partial charge on any atom is 0.0594 e. The summed E-state index contributed by atoms with van der Waals surface area (Å²) in [6, 6.07) is 0. The summed E-state index contributed by atoms with van der Waals surface area (Å²) in [6.07, 6.45) is 41.9. The average Bonchev–Trinajstić information content (AvgIpc) is 3.26. The molecule has 0 aromatic heterocycles. The van der Waals surface area contributed by atoms with Crippen molar-refractivity contribution in [2.45, 2.75) is 193 Å². The fraction of sp³-hybridized carbons (Fsp3) is 1.00. The van der Waals surface area contributed by atoms with E-state index in [1.165, 1.54) is 252 Å². The Kier molecular flexibility index (Phi) is 44.4. The Balaban J connectivity index is 0.000000435. The highest BCUT2D eigenvalue weighted by atomic mass is 16.5. The third-order valence-corrected chi connectivity index (χ3v) is 12.6. The van der Waals surface area contributed by atoms with Gasteiger partial charge in [-0.15, -0.1) is 0 Å². The van der Waals surface area contributed by atoms with Crippen LogP contribution in [0.4, 0.5) is 0 Å². The van der Waals surface area contributed by atoms with E-state index in [-0.39, 0.29) is 0 Å². The van der Waals surface area contributed by atoms with Crippen LogP contribution in [-0.2, 0) is 18.9 Å². The van der Waals surface area contributed by atoms with Gasteiger partial charge in [-0.3, -0.25) is 4.90 Å². The van der Waals surface area contributed by atoms with Gasteiger partial charge in [0.15, 0.2) is 0 Å². The number of nitrogens with zero attached hydrogens (tertiary/aromatic N) is 4. The Labute approximate surface area is 363 Å². The zero-order valence-electron chi connectivity index (χ0n) is 39.9. The van der Waals surface area contributed by atoms with Crippen LogP contribution in [0.1, 0.15) is 193 Å². The number of morpholine rings is 1. The molecule has 3 saturated heterocycles. The highest BCUT2D eigenvalue weighted by molar-refractivity contribution is 4.69. The first-order valence-corrected chi connectivity index (χ1v) is 25.6. The van der Waals surface area contributed by atoms with Crippen LogP contribution in [0.5, 0.6) is 0 Å². The van der Waals surface area contributed by atoms with Crippen molar-refractivity contribution in [2.24, 2.45) is 0 Å². The molecule has 0 bridgehead atoms. The highest BCUT2D eigenvalue weighted by Crippen LogP contribution is 2.14. The maximum absolute atomic E-state index is 5.36. The van der Waals surface area contributed by atoms with E-state index in [4.69, 9.17) is 18.9 Å². The third kappa shape index (κ3) is 39.8. The molecule has 0 aliphatic carbocycles. The second-order valence-electron chi connectivity index (χ2n) is 18.0. The van der Waals surface area contributed by atoms with Crippen LogP contribution < -0.4 is 0 Å². The van der Waals surface area contributed by atoms with Gasteiger partial charge < -0.3 is 33.6 Å². The van der Waals surface area contributed by atoms with Crippen molar-refractivity contribution in [2.75, 3.05) is 133 Å². The van der Waals surface area contributed by atoms with Crippen LogP contribution in [0.3, 0.4) is 0 Å². The zero-order chi connectivity index (χ0) is 41.7. The molecule has 0 radical (unpaired) electrons. The van der Waals surface area contributed by atoms with Crippen LogP contribution in [0.2, 0.25) is 0 Å². The molecule has 0 aromatic rings. The fourth-order valence-electron chi connectivity index (χ4n) is 8.54. The van der Waals surface area contributed by atoms with Crippen LogP contribution in [-0.4, -0.2) is 153 Å². The van der Waals surface area contributed by atoms with Crippen molar-refractivity contribution >= 4 is 0 Å². The highest BCUT2D eigenvalue weighted by Gasteiger charge is 2.13. The summed E-state index contributed by atoms with van der Waals surface area (Å²) in [6.45, 7) is 18.7. The SMILES string of the molecule is COCCCCCCCCCCCN1CCCCC1.COCCCCCCCCCCCN1CCN(C)CC1.COCCCCCCCCCCCN1CCOCC1. The van der Waals surface area contributed by atoms with E-state index >= 15 is 0 Å². The molecule has 3 aliphatic rings. The van der Waals surface area contributed by atoms with Crippen LogP contribution >= 0.6 is 0 Å². The van der Waals surface area contributed by atoms with E-state index in [0.717, 1.165) is 46.1 Å². The number of piperazine rings is 1. The van der Waals surface area contributed by atoms with E-state index in [1.807, 2.05) is 0 Å². The lowest BCUT2D eigenvalue weighted by atomic mass is 10.1. The molecular formula is C50H104N4O4. The van der Waals surface area contributed by atoms with Gasteiger partial charge in [-0.2, -0.15) is 0 Å². The smallest absolute Gasteiger partial charge is 0.0594 e. The van der Waals surface area contributed by atoms with Gasteiger partial charge in [-0.25, -0.2) is 0 Å². The molecule has 0 amide bonds. The Morgan fingerprint density at radius 2 is 0.586 bits per heavy atom. The van der Waals surface area contributed by atoms with Crippen molar-refractivity contribution in [3.05, 3.63) is 0 Å². The second kappa shape index (κ2) is 46.2. The minimum absolute atomic E-state index is 0.932. The summed E-state index contributed by atoms with van der Waals surface area (Å²) in [5, 5.41) is 0. The van der Waals surface area contributed by atoms with Gasteiger partial charge in [0.25, 0.3) is 0 Å². The predicted molar refractivity (Wildman–Crippen MR) is 252 cm³/mol. The number of rotatable bonds is 36. The Hall–Kier alpha value is -0.320. The number of methoxy groups -OCH3 is 3. The minimum Gasteiger partial charge on any atom is -0.385 e. The Morgan fingerprint density at radius 1 is 0.310 bits per heavy atom. The molecule has 0 spiro atoms. The van der Waals surface area contributed by atoms with Crippen LogP contribution in [0.15, 0.2) is 0 Å². The minimum atomic E-state index is 0.932. The first-order chi connectivity index (χ1) is 28.7. The number of piperidine rings is 1. The molecule has 3 fully saturated rings. The number of likely N-dealkylation sites (N-methyl/N-ethyl adjacent to an activating group) is 1. The molecule has 8 nitrogen and oxygen atoms in total.